The zero-order valence-electron chi connectivity index (χ0n) is 11.5. The predicted octanol–water partition coefficient (Wildman–Crippen LogP) is 1.42. The third-order valence-corrected chi connectivity index (χ3v) is 4.37. The summed E-state index contributed by atoms with van der Waals surface area (Å²) >= 11 is 0. The van der Waals surface area contributed by atoms with E-state index in [-0.39, 0.29) is 17.1 Å². The maximum absolute atomic E-state index is 13.2. The topological polar surface area (TPSA) is 81.4 Å². The highest BCUT2D eigenvalue weighted by atomic mass is 32.2. The van der Waals surface area contributed by atoms with Crippen LogP contribution >= 0.6 is 0 Å². The molecule has 0 aliphatic carbocycles. The van der Waals surface area contributed by atoms with E-state index in [1.54, 1.807) is 13.8 Å². The molecule has 1 aromatic carbocycles. The molecule has 0 saturated heterocycles. The van der Waals surface area contributed by atoms with Crippen LogP contribution in [0, 0.1) is 12.7 Å². The smallest absolute Gasteiger partial charge is 0.241 e. The highest BCUT2D eigenvalue weighted by Gasteiger charge is 2.23. The molecule has 0 unspecified atom stereocenters. The molecule has 3 N–H and O–H groups in total. The second-order valence-electron chi connectivity index (χ2n) is 4.93. The summed E-state index contributed by atoms with van der Waals surface area (Å²) in [6, 6.07) is 2.22. The fourth-order valence-corrected chi connectivity index (χ4v) is 2.83. The first-order chi connectivity index (χ1) is 8.59. The number of hydrogen-bond acceptors (Lipinski definition) is 4. The van der Waals surface area contributed by atoms with Crippen molar-refractivity contribution < 1.29 is 17.5 Å². The summed E-state index contributed by atoms with van der Waals surface area (Å²) in [4.78, 5) is -0.0293. The lowest BCUT2D eigenvalue weighted by molar-refractivity contribution is 0.0276. The first-order valence-electron chi connectivity index (χ1n) is 5.69. The molecule has 0 heterocycles. The van der Waals surface area contributed by atoms with Crippen LogP contribution in [0.1, 0.15) is 19.4 Å². The molecule has 0 spiro atoms. The molecule has 0 fully saturated rings. The lowest BCUT2D eigenvalue weighted by Gasteiger charge is -2.23. The number of benzene rings is 1. The summed E-state index contributed by atoms with van der Waals surface area (Å²) in [5, 5.41) is 0. The van der Waals surface area contributed by atoms with Gasteiger partial charge in [-0.25, -0.2) is 17.5 Å². The highest BCUT2D eigenvalue weighted by molar-refractivity contribution is 7.89. The number of anilines is 1. The number of rotatable bonds is 5. The van der Waals surface area contributed by atoms with Gasteiger partial charge in [-0.2, -0.15) is 0 Å². The Morgan fingerprint density at radius 1 is 1.42 bits per heavy atom. The van der Waals surface area contributed by atoms with Crippen LogP contribution < -0.4 is 10.5 Å². The Labute approximate surface area is 113 Å². The molecule has 1 aromatic rings. The summed E-state index contributed by atoms with van der Waals surface area (Å²) in [6.07, 6.45) is 0. The van der Waals surface area contributed by atoms with Crippen LogP contribution in [0.5, 0.6) is 0 Å². The van der Waals surface area contributed by atoms with Crippen LogP contribution in [0.4, 0.5) is 10.1 Å². The quantitative estimate of drug-likeness (QED) is 0.804. The van der Waals surface area contributed by atoms with Gasteiger partial charge in [-0.15, -0.1) is 0 Å². The zero-order chi connectivity index (χ0) is 14.8. The monoisotopic (exact) mass is 290 g/mol. The Bertz CT molecular complexity index is 571. The van der Waals surface area contributed by atoms with Gasteiger partial charge in [0.2, 0.25) is 10.0 Å². The average Bonchev–Trinajstić information content (AvgIpc) is 2.31. The van der Waals surface area contributed by atoms with Crippen molar-refractivity contribution in [2.75, 3.05) is 19.4 Å². The van der Waals surface area contributed by atoms with Crippen LogP contribution in [0.25, 0.3) is 0 Å². The number of sulfonamides is 1. The van der Waals surface area contributed by atoms with Crippen LogP contribution in [0.15, 0.2) is 17.0 Å². The van der Waals surface area contributed by atoms with Crippen molar-refractivity contribution in [1.82, 2.24) is 4.72 Å². The lowest BCUT2D eigenvalue weighted by Crippen LogP contribution is -2.39. The molecule has 108 valence electrons. The largest absolute Gasteiger partial charge is 0.396 e. The number of halogens is 1. The fourth-order valence-electron chi connectivity index (χ4n) is 1.38. The Morgan fingerprint density at radius 3 is 2.53 bits per heavy atom. The number of aryl methyl sites for hydroxylation is 1. The van der Waals surface area contributed by atoms with E-state index in [1.165, 1.54) is 14.0 Å². The Kier molecular flexibility index (Phi) is 4.54. The van der Waals surface area contributed by atoms with Gasteiger partial charge in [0.1, 0.15) is 5.82 Å². The number of nitrogens with one attached hydrogen (secondary N) is 1. The molecule has 0 aliphatic heterocycles. The van der Waals surface area contributed by atoms with E-state index in [1.807, 2.05) is 0 Å². The molecule has 5 nitrogen and oxygen atoms in total. The molecule has 0 aromatic heterocycles. The molecular weight excluding hydrogens is 271 g/mol. The number of nitrogen functional groups attached to an aromatic ring is 1. The van der Waals surface area contributed by atoms with E-state index in [0.717, 1.165) is 12.1 Å². The molecule has 0 saturated carbocycles. The Hall–Kier alpha value is -1.18. The number of methoxy groups -OCH3 is 1. The van der Waals surface area contributed by atoms with Gasteiger partial charge >= 0.3 is 0 Å². The average molecular weight is 290 g/mol. The Morgan fingerprint density at radius 2 is 2.00 bits per heavy atom. The molecule has 0 atom stereocenters. The number of ether oxygens (including phenoxy) is 1. The third-order valence-electron chi connectivity index (χ3n) is 2.82. The second kappa shape index (κ2) is 5.44. The molecule has 0 aliphatic rings. The lowest BCUT2D eigenvalue weighted by atomic mass is 10.1. The Balaban J connectivity index is 3.05. The SMILES string of the molecule is COC(C)(C)CNS(=O)(=O)c1cc(N)c(F)cc1C. The van der Waals surface area contributed by atoms with Gasteiger partial charge in [0.05, 0.1) is 16.2 Å². The van der Waals surface area contributed by atoms with Gasteiger partial charge in [0, 0.05) is 13.7 Å². The van der Waals surface area contributed by atoms with Gasteiger partial charge in [0.25, 0.3) is 0 Å². The summed E-state index contributed by atoms with van der Waals surface area (Å²) < 4.78 is 45.0. The van der Waals surface area contributed by atoms with E-state index in [4.69, 9.17) is 10.5 Å². The minimum atomic E-state index is -3.75. The number of hydrogen-bond donors (Lipinski definition) is 2. The third kappa shape index (κ3) is 3.89. The van der Waals surface area contributed by atoms with Crippen molar-refractivity contribution in [2.24, 2.45) is 0 Å². The van der Waals surface area contributed by atoms with E-state index in [2.05, 4.69) is 4.72 Å². The van der Waals surface area contributed by atoms with Crippen molar-refractivity contribution in [2.45, 2.75) is 31.3 Å². The fraction of sp³-hybridized carbons (Fsp3) is 0.500. The summed E-state index contributed by atoms with van der Waals surface area (Å²) in [5.41, 5.74) is 4.87. The van der Waals surface area contributed by atoms with Crippen LogP contribution in [0.3, 0.4) is 0 Å². The van der Waals surface area contributed by atoms with Gasteiger partial charge in [-0.3, -0.25) is 0 Å². The van der Waals surface area contributed by atoms with Crippen LogP contribution in [-0.2, 0) is 14.8 Å². The van der Waals surface area contributed by atoms with E-state index in [9.17, 15) is 12.8 Å². The first-order valence-corrected chi connectivity index (χ1v) is 7.18. The second-order valence-corrected chi connectivity index (χ2v) is 6.66. The molecule has 0 radical (unpaired) electrons. The van der Waals surface area contributed by atoms with Crippen LogP contribution in [-0.4, -0.2) is 27.7 Å². The maximum Gasteiger partial charge on any atom is 0.241 e. The van der Waals surface area contributed by atoms with Crippen molar-refractivity contribution in [1.29, 1.82) is 0 Å². The van der Waals surface area contributed by atoms with Crippen molar-refractivity contribution in [3.05, 3.63) is 23.5 Å². The van der Waals surface area contributed by atoms with E-state index in [0.29, 0.717) is 5.56 Å². The summed E-state index contributed by atoms with van der Waals surface area (Å²) in [5.74, 6) is -0.631. The summed E-state index contributed by atoms with van der Waals surface area (Å²) in [6.45, 7) is 5.11. The molecule has 7 heteroatoms. The van der Waals surface area contributed by atoms with Gasteiger partial charge in [0.15, 0.2) is 0 Å². The molecule has 0 amide bonds. The minimum absolute atomic E-state index is 0.0293. The van der Waals surface area contributed by atoms with Crippen molar-refractivity contribution in [3.8, 4) is 0 Å². The standard InChI is InChI=1S/C12H19FN2O3S/c1-8-5-9(13)10(14)6-11(8)19(16,17)15-7-12(2,3)18-4/h5-6,15H,7,14H2,1-4H3. The van der Waals surface area contributed by atoms with Crippen LogP contribution in [0.2, 0.25) is 0 Å². The maximum atomic E-state index is 13.2. The normalized spacial score (nSPS) is 12.7. The van der Waals surface area contributed by atoms with Gasteiger partial charge in [-0.05, 0) is 38.5 Å². The minimum Gasteiger partial charge on any atom is -0.396 e. The van der Waals surface area contributed by atoms with E-state index >= 15 is 0 Å². The predicted molar refractivity (Wildman–Crippen MR) is 71.8 cm³/mol. The summed E-state index contributed by atoms with van der Waals surface area (Å²) in [7, 11) is -2.25. The molecule has 19 heavy (non-hydrogen) atoms. The van der Waals surface area contributed by atoms with Gasteiger partial charge < -0.3 is 10.5 Å². The molecule has 0 bridgehead atoms. The highest BCUT2D eigenvalue weighted by Crippen LogP contribution is 2.21. The van der Waals surface area contributed by atoms with E-state index < -0.39 is 21.4 Å². The van der Waals surface area contributed by atoms with Crippen molar-refractivity contribution in [3.63, 3.8) is 0 Å². The number of nitrogens with two attached hydrogens (primary N) is 1. The first kappa shape index (κ1) is 15.9. The molecule has 1 rings (SSSR count). The molecular formula is C12H19FN2O3S. The van der Waals surface area contributed by atoms with Crippen molar-refractivity contribution >= 4 is 15.7 Å². The van der Waals surface area contributed by atoms with Gasteiger partial charge in [-0.1, -0.05) is 0 Å². The zero-order valence-corrected chi connectivity index (χ0v) is 12.3.